The highest BCUT2D eigenvalue weighted by Crippen LogP contribution is 2.21. The van der Waals surface area contributed by atoms with Gasteiger partial charge < -0.3 is 9.84 Å². The fourth-order valence-corrected chi connectivity index (χ4v) is 3.18. The van der Waals surface area contributed by atoms with Gasteiger partial charge in [0.25, 0.3) is 0 Å². The van der Waals surface area contributed by atoms with Crippen molar-refractivity contribution in [1.29, 1.82) is 0 Å². The molecule has 0 radical (unpaired) electrons. The summed E-state index contributed by atoms with van der Waals surface area (Å²) >= 11 is 1.38. The molecule has 0 unspecified atom stereocenters. The molecule has 3 rings (SSSR count). The lowest BCUT2D eigenvalue weighted by Gasteiger charge is -2.09. The number of nitrogens with zero attached hydrogens (tertiary/aromatic N) is 1. The zero-order valence-corrected chi connectivity index (χ0v) is 15.0. The van der Waals surface area contributed by atoms with Gasteiger partial charge in [-0.05, 0) is 46.5 Å². The van der Waals surface area contributed by atoms with Crippen LogP contribution < -0.4 is 4.74 Å². The average molecular weight is 365 g/mol. The third-order valence-corrected chi connectivity index (χ3v) is 4.75. The third-order valence-electron chi connectivity index (χ3n) is 3.77. The van der Waals surface area contributed by atoms with E-state index < -0.39 is 5.97 Å². The lowest BCUT2D eigenvalue weighted by molar-refractivity contribution is -0.133. The molecule has 1 aromatic heterocycles. The van der Waals surface area contributed by atoms with Gasteiger partial charge in [-0.1, -0.05) is 36.4 Å². The van der Waals surface area contributed by atoms with E-state index in [2.05, 4.69) is 29.2 Å². The smallest absolute Gasteiger partial charge is 0.313 e. The van der Waals surface area contributed by atoms with Crippen LogP contribution in [0.3, 0.4) is 0 Å². The van der Waals surface area contributed by atoms with Crippen LogP contribution in [-0.2, 0) is 17.2 Å². The summed E-state index contributed by atoms with van der Waals surface area (Å²) in [5.41, 5.74) is 4.43. The van der Waals surface area contributed by atoms with E-state index in [-0.39, 0.29) is 5.75 Å². The zero-order chi connectivity index (χ0) is 18.2. The van der Waals surface area contributed by atoms with Crippen molar-refractivity contribution < 1.29 is 14.6 Å². The number of carboxylic acids is 1. The molecule has 0 amide bonds. The molecule has 0 aliphatic rings. The third kappa shape index (κ3) is 5.36. The van der Waals surface area contributed by atoms with Gasteiger partial charge in [0, 0.05) is 18.1 Å². The van der Waals surface area contributed by atoms with Crippen molar-refractivity contribution in [2.24, 2.45) is 0 Å². The van der Waals surface area contributed by atoms with E-state index in [1.807, 2.05) is 36.4 Å². The molecule has 26 heavy (non-hydrogen) atoms. The highest BCUT2D eigenvalue weighted by molar-refractivity contribution is 7.99. The normalized spacial score (nSPS) is 10.5. The number of hydrogen-bond donors (Lipinski definition) is 1. The number of aliphatic carboxylic acids is 1. The topological polar surface area (TPSA) is 59.4 Å². The first-order valence-electron chi connectivity index (χ1n) is 8.21. The maximum absolute atomic E-state index is 10.6. The molecule has 0 atom stereocenters. The largest absolute Gasteiger partial charge is 0.489 e. The quantitative estimate of drug-likeness (QED) is 0.630. The summed E-state index contributed by atoms with van der Waals surface area (Å²) in [5.74, 6) is 0.758. The fourth-order valence-electron chi connectivity index (χ4n) is 2.49. The van der Waals surface area contributed by atoms with Crippen LogP contribution in [0.15, 0.2) is 73.1 Å². The maximum atomic E-state index is 10.6. The second-order valence-corrected chi connectivity index (χ2v) is 6.74. The van der Waals surface area contributed by atoms with E-state index in [4.69, 9.17) is 9.84 Å². The summed E-state index contributed by atoms with van der Waals surface area (Å²) < 4.78 is 5.87. The molecule has 0 aliphatic heterocycles. The molecule has 0 bridgehead atoms. The maximum Gasteiger partial charge on any atom is 0.313 e. The minimum Gasteiger partial charge on any atom is -0.489 e. The summed E-state index contributed by atoms with van der Waals surface area (Å²) in [4.78, 5) is 14.6. The Bertz CT molecular complexity index is 851. The second kappa shape index (κ2) is 9.06. The zero-order valence-electron chi connectivity index (χ0n) is 14.2. The lowest BCUT2D eigenvalue weighted by atomic mass is 10.1. The molecule has 132 valence electrons. The Hall–Kier alpha value is -2.79. The van der Waals surface area contributed by atoms with E-state index in [0.717, 1.165) is 28.0 Å². The predicted octanol–water partition coefficient (Wildman–Crippen LogP) is 4.65. The Morgan fingerprint density at radius 1 is 0.962 bits per heavy atom. The molecule has 2 aromatic carbocycles. The van der Waals surface area contributed by atoms with Crippen LogP contribution in [0.1, 0.15) is 11.1 Å². The van der Waals surface area contributed by atoms with Crippen LogP contribution in [0.25, 0.3) is 11.1 Å². The van der Waals surface area contributed by atoms with E-state index in [1.54, 1.807) is 12.4 Å². The first-order chi connectivity index (χ1) is 12.7. The van der Waals surface area contributed by atoms with Crippen LogP contribution in [0.5, 0.6) is 5.75 Å². The molecule has 3 aromatic rings. The summed E-state index contributed by atoms with van der Waals surface area (Å²) in [6.07, 6.45) is 3.57. The lowest BCUT2D eigenvalue weighted by Crippen LogP contribution is -1.98. The van der Waals surface area contributed by atoms with Crippen molar-refractivity contribution >= 4 is 17.7 Å². The van der Waals surface area contributed by atoms with Gasteiger partial charge >= 0.3 is 5.97 Å². The van der Waals surface area contributed by atoms with Crippen molar-refractivity contribution in [3.63, 3.8) is 0 Å². The van der Waals surface area contributed by atoms with Crippen molar-refractivity contribution in [1.82, 2.24) is 4.98 Å². The summed E-state index contributed by atoms with van der Waals surface area (Å²) in [6, 6.07) is 20.0. The first-order valence-corrected chi connectivity index (χ1v) is 9.37. The van der Waals surface area contributed by atoms with Gasteiger partial charge in [0.2, 0.25) is 0 Å². The first kappa shape index (κ1) is 18.0. The Morgan fingerprint density at radius 2 is 1.69 bits per heavy atom. The highest BCUT2D eigenvalue weighted by Gasteiger charge is 2.02. The predicted molar refractivity (Wildman–Crippen MR) is 104 cm³/mol. The molecule has 0 fully saturated rings. The van der Waals surface area contributed by atoms with Crippen LogP contribution in [0.4, 0.5) is 0 Å². The van der Waals surface area contributed by atoms with Gasteiger partial charge in [-0.25, -0.2) is 0 Å². The van der Waals surface area contributed by atoms with Crippen LogP contribution in [-0.4, -0.2) is 21.8 Å². The van der Waals surface area contributed by atoms with Crippen molar-refractivity contribution in [2.45, 2.75) is 12.4 Å². The minimum atomic E-state index is -0.794. The van der Waals surface area contributed by atoms with E-state index in [1.165, 1.54) is 11.8 Å². The summed E-state index contributed by atoms with van der Waals surface area (Å²) in [7, 11) is 0. The summed E-state index contributed by atoms with van der Waals surface area (Å²) in [5, 5.41) is 8.70. The van der Waals surface area contributed by atoms with Crippen molar-refractivity contribution in [2.75, 3.05) is 5.75 Å². The number of thioether (sulfide) groups is 1. The van der Waals surface area contributed by atoms with Gasteiger partial charge in [-0.3, -0.25) is 9.78 Å². The Kier molecular flexibility index (Phi) is 6.28. The molecule has 4 nitrogen and oxygen atoms in total. The van der Waals surface area contributed by atoms with Crippen molar-refractivity contribution in [3.05, 3.63) is 84.2 Å². The molecule has 0 spiro atoms. The van der Waals surface area contributed by atoms with Gasteiger partial charge in [-0.15, -0.1) is 11.8 Å². The van der Waals surface area contributed by atoms with Gasteiger partial charge in [0.05, 0.1) is 5.75 Å². The van der Waals surface area contributed by atoms with Crippen LogP contribution in [0.2, 0.25) is 0 Å². The van der Waals surface area contributed by atoms with Crippen molar-refractivity contribution in [3.8, 4) is 16.9 Å². The number of carboxylic acid groups (broad SMARTS) is 1. The molecule has 5 heteroatoms. The second-order valence-electron chi connectivity index (χ2n) is 5.76. The minimum absolute atomic E-state index is 0.106. The molecule has 1 heterocycles. The molecule has 0 saturated heterocycles. The SMILES string of the molecule is O=C(O)CSCc1cccc(OCc2ccc(-c3ccncc3)cc2)c1. The Morgan fingerprint density at radius 3 is 2.42 bits per heavy atom. The fraction of sp³-hybridized carbons (Fsp3) is 0.143. The Labute approximate surface area is 156 Å². The number of aromatic nitrogens is 1. The van der Waals surface area contributed by atoms with E-state index in [9.17, 15) is 4.79 Å². The molecule has 1 N–H and O–H groups in total. The molecule has 0 saturated carbocycles. The van der Waals surface area contributed by atoms with Gasteiger partial charge in [0.15, 0.2) is 0 Å². The van der Waals surface area contributed by atoms with E-state index in [0.29, 0.717) is 12.4 Å². The van der Waals surface area contributed by atoms with Gasteiger partial charge in [0.1, 0.15) is 12.4 Å². The highest BCUT2D eigenvalue weighted by atomic mass is 32.2. The number of pyridine rings is 1. The summed E-state index contributed by atoms with van der Waals surface area (Å²) in [6.45, 7) is 0.488. The van der Waals surface area contributed by atoms with E-state index >= 15 is 0 Å². The molecule has 0 aliphatic carbocycles. The number of carbonyl (C=O) groups is 1. The molecular weight excluding hydrogens is 346 g/mol. The standard InChI is InChI=1S/C21H19NO3S/c23-21(24)15-26-14-17-2-1-3-20(12-17)25-13-16-4-6-18(7-5-16)19-8-10-22-11-9-19/h1-12H,13-15H2,(H,23,24). The number of benzene rings is 2. The number of rotatable bonds is 8. The van der Waals surface area contributed by atoms with Gasteiger partial charge in [-0.2, -0.15) is 0 Å². The average Bonchev–Trinajstić information content (AvgIpc) is 2.68. The van der Waals surface area contributed by atoms with Crippen LogP contribution in [0, 0.1) is 0 Å². The monoisotopic (exact) mass is 365 g/mol. The Balaban J connectivity index is 1.56. The van der Waals surface area contributed by atoms with Crippen LogP contribution >= 0.6 is 11.8 Å². The number of ether oxygens (including phenoxy) is 1. The molecular formula is C21H19NO3S. The number of hydrogen-bond acceptors (Lipinski definition) is 4.